The molecule has 3 unspecified atom stereocenters. The van der Waals surface area contributed by atoms with Crippen LogP contribution < -0.4 is 5.32 Å². The third-order valence-corrected chi connectivity index (χ3v) is 11.2. The fourth-order valence-electron chi connectivity index (χ4n) is 8.70. The monoisotopic (exact) mass is 693 g/mol. The Labute approximate surface area is 313 Å². The molecule has 256 valence electrons. The van der Waals surface area contributed by atoms with Crippen molar-refractivity contribution in [2.75, 3.05) is 0 Å². The molecule has 1 N–H and O–H groups in total. The van der Waals surface area contributed by atoms with Gasteiger partial charge in [-0.2, -0.15) is 0 Å². The van der Waals surface area contributed by atoms with Crippen LogP contribution in [-0.2, 0) is 0 Å². The second-order valence-electron chi connectivity index (χ2n) is 14.3. The van der Waals surface area contributed by atoms with Gasteiger partial charge in [0.1, 0.15) is 11.7 Å². The molecule has 54 heavy (non-hydrogen) atoms. The van der Waals surface area contributed by atoms with E-state index in [9.17, 15) is 0 Å². The van der Waals surface area contributed by atoms with Gasteiger partial charge in [-0.1, -0.05) is 158 Å². The normalized spacial score (nSPS) is 18.1. The highest BCUT2D eigenvalue weighted by atomic mass is 16.3. The predicted octanol–water partition coefficient (Wildman–Crippen LogP) is 12.5. The van der Waals surface area contributed by atoms with Crippen LogP contribution in [-0.4, -0.2) is 10.3 Å². The lowest BCUT2D eigenvalue weighted by molar-refractivity contribution is 0.400. The highest BCUT2D eigenvalue weighted by molar-refractivity contribution is 6.14. The molecule has 0 fully saturated rings. The number of nitrogens with one attached hydrogen (secondary N) is 1. The standard InChI is InChI=1S/C50H35N3O/c1-3-13-32(14-4-1)34-25-27-35(28-26-34)48-39-18-7-9-21-42(39)51-50(52-48)41-20-12-24-46-47(41)40-19-11-23-44(49(40)54-46)53-43-22-10-8-17-37(43)38-30-29-36(31-45(38)53)33-15-5-2-6-16-33/h1-31,39,48,50,52H. The molecular formula is C50H35N3O. The molecule has 11 rings (SSSR count). The first-order chi connectivity index (χ1) is 26.8. The van der Waals surface area contributed by atoms with Crippen molar-refractivity contribution in [1.82, 2.24) is 9.88 Å². The Bertz CT molecular complexity index is 2970. The summed E-state index contributed by atoms with van der Waals surface area (Å²) >= 11 is 0. The number of aromatic nitrogens is 1. The largest absolute Gasteiger partial charge is 0.454 e. The zero-order valence-corrected chi connectivity index (χ0v) is 29.4. The van der Waals surface area contributed by atoms with Gasteiger partial charge in [0.15, 0.2) is 5.58 Å². The highest BCUT2D eigenvalue weighted by Crippen LogP contribution is 2.43. The van der Waals surface area contributed by atoms with Crippen LogP contribution in [0.25, 0.3) is 71.7 Å². The van der Waals surface area contributed by atoms with Crippen molar-refractivity contribution >= 4 is 49.5 Å². The number of nitrogens with zero attached hydrogens (tertiary/aromatic N) is 2. The SMILES string of the molecule is C1=CC2=NC(c3cccc4oc5c(-n6c7ccccc7c7ccc(-c8ccccc8)cc76)cccc5c34)NC(c3ccc(-c4ccccc4)cc3)C2C=C1. The minimum atomic E-state index is -0.263. The van der Waals surface area contributed by atoms with E-state index >= 15 is 0 Å². The van der Waals surface area contributed by atoms with Gasteiger partial charge >= 0.3 is 0 Å². The van der Waals surface area contributed by atoms with Crippen LogP contribution in [0.5, 0.6) is 0 Å². The number of benzene rings is 7. The molecule has 7 aromatic carbocycles. The number of hydrogen-bond donors (Lipinski definition) is 1. The second-order valence-corrected chi connectivity index (χ2v) is 14.3. The molecule has 3 atom stereocenters. The maximum Gasteiger partial charge on any atom is 0.159 e. The van der Waals surface area contributed by atoms with Crippen LogP contribution in [0.4, 0.5) is 0 Å². The summed E-state index contributed by atoms with van der Waals surface area (Å²) in [5, 5.41) is 8.59. The van der Waals surface area contributed by atoms with Crippen molar-refractivity contribution in [2.45, 2.75) is 12.2 Å². The van der Waals surface area contributed by atoms with Gasteiger partial charge in [0.05, 0.1) is 16.7 Å². The number of para-hydroxylation sites is 2. The molecule has 0 spiro atoms. The fourth-order valence-corrected chi connectivity index (χ4v) is 8.70. The number of hydrogen-bond acceptors (Lipinski definition) is 3. The Hall–Kier alpha value is -6.75. The maximum absolute atomic E-state index is 6.90. The molecule has 2 aliphatic rings. The molecule has 0 radical (unpaired) electrons. The summed E-state index contributed by atoms with van der Waals surface area (Å²) in [7, 11) is 0. The van der Waals surface area contributed by atoms with E-state index in [2.05, 4.69) is 198 Å². The predicted molar refractivity (Wildman–Crippen MR) is 223 cm³/mol. The molecule has 2 aromatic heterocycles. The lowest BCUT2D eigenvalue weighted by atomic mass is 9.83. The van der Waals surface area contributed by atoms with E-state index < -0.39 is 0 Å². The molecule has 4 nitrogen and oxygen atoms in total. The van der Waals surface area contributed by atoms with E-state index in [-0.39, 0.29) is 18.1 Å². The summed E-state index contributed by atoms with van der Waals surface area (Å²) in [6.07, 6.45) is 8.41. The van der Waals surface area contributed by atoms with Gasteiger partial charge in [0.2, 0.25) is 0 Å². The minimum Gasteiger partial charge on any atom is -0.454 e. The third kappa shape index (κ3) is 4.92. The Morgan fingerprint density at radius 3 is 2.07 bits per heavy atom. The first-order valence-corrected chi connectivity index (χ1v) is 18.7. The average molecular weight is 694 g/mol. The lowest BCUT2D eigenvalue weighted by Gasteiger charge is -2.36. The first kappa shape index (κ1) is 30.8. The van der Waals surface area contributed by atoms with E-state index in [4.69, 9.17) is 9.41 Å². The van der Waals surface area contributed by atoms with E-state index in [0.717, 1.165) is 49.9 Å². The van der Waals surface area contributed by atoms with Gasteiger partial charge in [-0.15, -0.1) is 0 Å². The molecule has 0 bridgehead atoms. The van der Waals surface area contributed by atoms with Crippen molar-refractivity contribution in [3.63, 3.8) is 0 Å². The van der Waals surface area contributed by atoms with Gasteiger partial charge < -0.3 is 8.98 Å². The zero-order valence-electron chi connectivity index (χ0n) is 29.4. The highest BCUT2D eigenvalue weighted by Gasteiger charge is 2.34. The molecular weight excluding hydrogens is 659 g/mol. The Kier molecular flexibility index (Phi) is 7.10. The summed E-state index contributed by atoms with van der Waals surface area (Å²) in [6.45, 7) is 0. The Morgan fingerprint density at radius 2 is 1.24 bits per heavy atom. The van der Waals surface area contributed by atoms with Gasteiger partial charge in [-0.05, 0) is 58.2 Å². The average Bonchev–Trinajstić information content (AvgIpc) is 3.80. The molecule has 9 aromatic rings. The molecule has 1 aliphatic carbocycles. The topological polar surface area (TPSA) is 42.5 Å². The minimum absolute atomic E-state index is 0.0499. The maximum atomic E-state index is 6.90. The van der Waals surface area contributed by atoms with E-state index in [0.29, 0.717) is 0 Å². The Balaban J connectivity index is 1.06. The summed E-state index contributed by atoms with van der Waals surface area (Å²) in [5.74, 6) is 0.136. The van der Waals surface area contributed by atoms with Crippen molar-refractivity contribution in [1.29, 1.82) is 0 Å². The van der Waals surface area contributed by atoms with Crippen LogP contribution in [0, 0.1) is 5.92 Å². The van der Waals surface area contributed by atoms with E-state index in [1.165, 1.54) is 38.6 Å². The lowest BCUT2D eigenvalue weighted by Crippen LogP contribution is -2.39. The van der Waals surface area contributed by atoms with Gasteiger partial charge in [0.25, 0.3) is 0 Å². The van der Waals surface area contributed by atoms with Crippen molar-refractivity contribution < 1.29 is 4.42 Å². The molecule has 3 heterocycles. The quantitative estimate of drug-likeness (QED) is 0.195. The summed E-state index contributed by atoms with van der Waals surface area (Å²) < 4.78 is 9.28. The van der Waals surface area contributed by atoms with Crippen LogP contribution in [0.3, 0.4) is 0 Å². The van der Waals surface area contributed by atoms with Gasteiger partial charge in [-0.3, -0.25) is 10.3 Å². The second kappa shape index (κ2) is 12.4. The summed E-state index contributed by atoms with van der Waals surface area (Å²) in [6, 6.07) is 58.6. The van der Waals surface area contributed by atoms with E-state index in [1.807, 2.05) is 0 Å². The van der Waals surface area contributed by atoms with Crippen LogP contribution >= 0.6 is 0 Å². The number of furan rings is 1. The molecule has 0 saturated carbocycles. The van der Waals surface area contributed by atoms with Crippen LogP contribution in [0.1, 0.15) is 23.3 Å². The summed E-state index contributed by atoms with van der Waals surface area (Å²) in [5.41, 5.74) is 13.3. The molecule has 1 aliphatic heterocycles. The number of allylic oxidation sites excluding steroid dienone is 3. The number of fused-ring (bicyclic) bond motifs is 7. The number of aliphatic imine (C=N–C) groups is 1. The molecule has 4 heteroatoms. The summed E-state index contributed by atoms with van der Waals surface area (Å²) in [4.78, 5) is 5.36. The van der Waals surface area contributed by atoms with Gasteiger partial charge in [0, 0.05) is 44.8 Å². The Morgan fingerprint density at radius 1 is 0.556 bits per heavy atom. The molecule has 0 amide bonds. The fraction of sp³-hybridized carbons (Fsp3) is 0.0600. The van der Waals surface area contributed by atoms with Crippen molar-refractivity contribution in [3.8, 4) is 27.9 Å². The first-order valence-electron chi connectivity index (χ1n) is 18.7. The molecule has 0 saturated heterocycles. The zero-order chi connectivity index (χ0) is 35.6. The van der Waals surface area contributed by atoms with Crippen LogP contribution in [0.15, 0.2) is 198 Å². The van der Waals surface area contributed by atoms with Crippen LogP contribution in [0.2, 0.25) is 0 Å². The van der Waals surface area contributed by atoms with Crippen molar-refractivity contribution in [3.05, 3.63) is 199 Å². The van der Waals surface area contributed by atoms with E-state index in [1.54, 1.807) is 0 Å². The number of rotatable bonds is 5. The van der Waals surface area contributed by atoms with Gasteiger partial charge in [-0.25, -0.2) is 0 Å². The smallest absolute Gasteiger partial charge is 0.159 e. The third-order valence-electron chi connectivity index (χ3n) is 11.2. The van der Waals surface area contributed by atoms with Crippen molar-refractivity contribution in [2.24, 2.45) is 10.9 Å².